The van der Waals surface area contributed by atoms with Gasteiger partial charge in [-0.15, -0.1) is 10.2 Å². The molecule has 164 valence electrons. The van der Waals surface area contributed by atoms with Crippen LogP contribution in [0.15, 0.2) is 47.6 Å². The molecular weight excluding hydrogens is 413 g/mol. The van der Waals surface area contributed by atoms with E-state index in [2.05, 4.69) is 46.4 Å². The molecule has 2 aromatic carbocycles. The van der Waals surface area contributed by atoms with Gasteiger partial charge in [-0.25, -0.2) is 4.39 Å². The Hall–Kier alpha value is -2.87. The molecular formula is C23H28FN5OS. The number of thioether (sulfide) groups is 1. The van der Waals surface area contributed by atoms with Gasteiger partial charge in [0.05, 0.1) is 5.25 Å². The lowest BCUT2D eigenvalue weighted by Gasteiger charge is -2.21. The van der Waals surface area contributed by atoms with Crippen LogP contribution in [0.25, 0.3) is 11.4 Å². The molecule has 31 heavy (non-hydrogen) atoms. The lowest BCUT2D eigenvalue weighted by Crippen LogP contribution is -2.23. The summed E-state index contributed by atoms with van der Waals surface area (Å²) in [6.07, 6.45) is 0. The van der Waals surface area contributed by atoms with Gasteiger partial charge in [0.1, 0.15) is 5.82 Å². The first-order valence-electron chi connectivity index (χ1n) is 10.3. The van der Waals surface area contributed by atoms with Crippen molar-refractivity contribution in [2.75, 3.05) is 23.3 Å². The Morgan fingerprint density at radius 1 is 1.16 bits per heavy atom. The highest BCUT2D eigenvalue weighted by atomic mass is 32.2. The Balaban J connectivity index is 1.69. The van der Waals surface area contributed by atoms with Crippen LogP contribution >= 0.6 is 11.8 Å². The second-order valence-corrected chi connectivity index (χ2v) is 8.61. The van der Waals surface area contributed by atoms with Gasteiger partial charge in [-0.1, -0.05) is 17.8 Å². The van der Waals surface area contributed by atoms with Gasteiger partial charge in [0.25, 0.3) is 0 Å². The lowest BCUT2D eigenvalue weighted by atomic mass is 10.2. The number of halogens is 1. The Bertz CT molecular complexity index is 1050. The zero-order chi connectivity index (χ0) is 22.5. The number of nitrogens with one attached hydrogen (secondary N) is 1. The summed E-state index contributed by atoms with van der Waals surface area (Å²) in [5.74, 6) is 0.172. The van der Waals surface area contributed by atoms with Crippen molar-refractivity contribution >= 4 is 29.0 Å². The van der Waals surface area contributed by atoms with Gasteiger partial charge < -0.3 is 14.8 Å². The molecule has 0 fully saturated rings. The Morgan fingerprint density at radius 3 is 2.45 bits per heavy atom. The van der Waals surface area contributed by atoms with Crippen molar-refractivity contribution in [3.05, 3.63) is 53.8 Å². The quantitative estimate of drug-likeness (QED) is 0.504. The van der Waals surface area contributed by atoms with E-state index in [1.807, 2.05) is 23.7 Å². The summed E-state index contributed by atoms with van der Waals surface area (Å²) in [4.78, 5) is 14.8. The fourth-order valence-electron chi connectivity index (χ4n) is 3.21. The van der Waals surface area contributed by atoms with Gasteiger partial charge in [-0.2, -0.15) is 0 Å². The highest BCUT2D eigenvalue weighted by molar-refractivity contribution is 8.00. The number of aryl methyl sites for hydroxylation is 1. The summed E-state index contributed by atoms with van der Waals surface area (Å²) >= 11 is 1.31. The predicted octanol–water partition coefficient (Wildman–Crippen LogP) is 4.90. The number of amides is 1. The van der Waals surface area contributed by atoms with E-state index in [9.17, 15) is 9.18 Å². The van der Waals surface area contributed by atoms with E-state index in [1.165, 1.54) is 23.5 Å². The normalized spacial score (nSPS) is 11.9. The van der Waals surface area contributed by atoms with Crippen LogP contribution in [0.4, 0.5) is 15.8 Å². The molecule has 0 saturated carbocycles. The van der Waals surface area contributed by atoms with Crippen molar-refractivity contribution in [2.45, 2.75) is 38.1 Å². The van der Waals surface area contributed by atoms with Crippen LogP contribution in [0.5, 0.6) is 0 Å². The van der Waals surface area contributed by atoms with Crippen LogP contribution in [0.3, 0.4) is 0 Å². The van der Waals surface area contributed by atoms with Crippen molar-refractivity contribution in [1.82, 2.24) is 14.8 Å². The van der Waals surface area contributed by atoms with Crippen LogP contribution in [-0.2, 0) is 11.8 Å². The number of rotatable bonds is 8. The average molecular weight is 442 g/mol. The first-order valence-corrected chi connectivity index (χ1v) is 11.2. The van der Waals surface area contributed by atoms with Gasteiger partial charge >= 0.3 is 0 Å². The Kier molecular flexibility index (Phi) is 7.33. The molecule has 1 amide bonds. The average Bonchev–Trinajstić information content (AvgIpc) is 3.12. The third kappa shape index (κ3) is 5.25. The Labute approximate surface area is 186 Å². The van der Waals surface area contributed by atoms with Gasteiger partial charge in [-0.05, 0) is 69.7 Å². The first-order chi connectivity index (χ1) is 14.8. The monoisotopic (exact) mass is 441 g/mol. The van der Waals surface area contributed by atoms with Gasteiger partial charge in [-0.3, -0.25) is 4.79 Å². The molecule has 1 unspecified atom stereocenters. The van der Waals surface area contributed by atoms with E-state index >= 15 is 0 Å². The topological polar surface area (TPSA) is 63.1 Å². The number of hydrogen-bond acceptors (Lipinski definition) is 5. The lowest BCUT2D eigenvalue weighted by molar-refractivity contribution is -0.115. The second-order valence-electron chi connectivity index (χ2n) is 7.30. The zero-order valence-electron chi connectivity index (χ0n) is 18.5. The zero-order valence-corrected chi connectivity index (χ0v) is 19.3. The summed E-state index contributed by atoms with van der Waals surface area (Å²) in [7, 11) is 1.88. The van der Waals surface area contributed by atoms with Gasteiger partial charge in [0.15, 0.2) is 11.0 Å². The molecule has 3 aromatic rings. The summed E-state index contributed by atoms with van der Waals surface area (Å²) in [5, 5.41) is 11.5. The third-order valence-electron chi connectivity index (χ3n) is 5.18. The van der Waals surface area contributed by atoms with Crippen molar-refractivity contribution in [3.8, 4) is 11.4 Å². The molecule has 8 heteroatoms. The van der Waals surface area contributed by atoms with Crippen LogP contribution < -0.4 is 10.2 Å². The maximum Gasteiger partial charge on any atom is 0.237 e. The number of hydrogen-bond donors (Lipinski definition) is 1. The summed E-state index contributed by atoms with van der Waals surface area (Å²) in [5.41, 5.74) is 3.11. The van der Waals surface area contributed by atoms with Crippen molar-refractivity contribution in [3.63, 3.8) is 0 Å². The van der Waals surface area contributed by atoms with E-state index in [0.717, 1.165) is 24.5 Å². The van der Waals surface area contributed by atoms with E-state index < -0.39 is 5.25 Å². The fraction of sp³-hybridized carbons (Fsp3) is 0.348. The van der Waals surface area contributed by atoms with Crippen LogP contribution in [0, 0.1) is 12.7 Å². The highest BCUT2D eigenvalue weighted by Gasteiger charge is 2.20. The Morgan fingerprint density at radius 2 is 1.84 bits per heavy atom. The molecule has 0 spiro atoms. The van der Waals surface area contributed by atoms with Crippen molar-refractivity contribution < 1.29 is 9.18 Å². The van der Waals surface area contributed by atoms with E-state index in [0.29, 0.717) is 16.4 Å². The summed E-state index contributed by atoms with van der Waals surface area (Å²) < 4.78 is 15.6. The van der Waals surface area contributed by atoms with E-state index in [-0.39, 0.29) is 11.7 Å². The highest BCUT2D eigenvalue weighted by Crippen LogP contribution is 2.27. The summed E-state index contributed by atoms with van der Waals surface area (Å²) in [6, 6.07) is 12.9. The minimum absolute atomic E-state index is 0.221. The second kappa shape index (κ2) is 9.96. The van der Waals surface area contributed by atoms with Gasteiger partial charge in [0, 0.05) is 37.1 Å². The number of benzene rings is 2. The van der Waals surface area contributed by atoms with E-state index in [4.69, 9.17) is 0 Å². The standard InChI is InChI=1S/C23H28FN5OS/c1-6-29(7-2)19-12-9-17(10-13-19)21-26-27-23(28(21)5)31-16(4)22(30)25-18-11-8-15(3)20(24)14-18/h8-14,16H,6-7H2,1-5H3,(H,25,30). The van der Waals surface area contributed by atoms with E-state index in [1.54, 1.807) is 26.0 Å². The largest absolute Gasteiger partial charge is 0.372 e. The fourth-order valence-corrected chi connectivity index (χ4v) is 4.02. The van der Waals surface area contributed by atoms with Crippen LogP contribution in [0.2, 0.25) is 0 Å². The van der Waals surface area contributed by atoms with Crippen LogP contribution in [-0.4, -0.2) is 39.0 Å². The minimum Gasteiger partial charge on any atom is -0.372 e. The smallest absolute Gasteiger partial charge is 0.237 e. The molecule has 0 radical (unpaired) electrons. The van der Waals surface area contributed by atoms with Crippen molar-refractivity contribution in [1.29, 1.82) is 0 Å². The predicted molar refractivity (Wildman–Crippen MR) is 125 cm³/mol. The molecule has 6 nitrogen and oxygen atoms in total. The molecule has 0 bridgehead atoms. The summed E-state index contributed by atoms with van der Waals surface area (Å²) in [6.45, 7) is 9.65. The maximum absolute atomic E-state index is 13.7. The maximum atomic E-state index is 13.7. The minimum atomic E-state index is -0.426. The molecule has 3 rings (SSSR count). The molecule has 0 aliphatic carbocycles. The molecule has 1 aromatic heterocycles. The molecule has 0 saturated heterocycles. The third-order valence-corrected chi connectivity index (χ3v) is 6.31. The number of nitrogens with zero attached hydrogens (tertiary/aromatic N) is 4. The first kappa shape index (κ1) is 22.8. The number of carbonyl (C=O) groups is 1. The van der Waals surface area contributed by atoms with Crippen LogP contribution in [0.1, 0.15) is 26.3 Å². The molecule has 1 heterocycles. The number of aromatic nitrogens is 3. The molecule has 1 atom stereocenters. The number of carbonyl (C=O) groups excluding carboxylic acids is 1. The molecule has 0 aliphatic rings. The van der Waals surface area contributed by atoms with Gasteiger partial charge in [0.2, 0.25) is 5.91 Å². The SMILES string of the molecule is CCN(CC)c1ccc(-c2nnc(SC(C)C(=O)Nc3ccc(C)c(F)c3)n2C)cc1. The molecule has 0 aliphatic heterocycles. The number of anilines is 2. The van der Waals surface area contributed by atoms with Crippen molar-refractivity contribution in [2.24, 2.45) is 7.05 Å². The molecule has 1 N–H and O–H groups in total.